The van der Waals surface area contributed by atoms with Crippen LogP contribution in [0.3, 0.4) is 0 Å². The molecular weight excluding hydrogens is 653 g/mol. The molecule has 0 amide bonds. The highest BCUT2D eigenvalue weighted by Crippen LogP contribution is 2.44. The van der Waals surface area contributed by atoms with Crippen molar-refractivity contribution >= 4 is 97.1 Å². The van der Waals surface area contributed by atoms with Gasteiger partial charge in [0.05, 0.1) is 26.8 Å². The van der Waals surface area contributed by atoms with Gasteiger partial charge in [-0.25, -0.2) is 0 Å². The predicted octanol–water partition coefficient (Wildman–Crippen LogP) is 13.8. The quantitative estimate of drug-likeness (QED) is 0.182. The summed E-state index contributed by atoms with van der Waals surface area (Å²) in [6, 6.07) is 61.7. The van der Waals surface area contributed by atoms with E-state index in [-0.39, 0.29) is 0 Å². The van der Waals surface area contributed by atoms with Gasteiger partial charge < -0.3 is 13.6 Å². The highest BCUT2D eigenvalue weighted by atomic mass is 32.1. The second-order valence-electron chi connectivity index (χ2n) is 13.7. The average molecular weight is 681 g/mol. The summed E-state index contributed by atoms with van der Waals surface area (Å²) in [5, 5.41) is 9.83. The Kier molecular flexibility index (Phi) is 5.65. The number of hydrogen-bond acceptors (Lipinski definition) is 2. The lowest BCUT2D eigenvalue weighted by atomic mass is 10.0. The van der Waals surface area contributed by atoms with Crippen LogP contribution < -0.4 is 0 Å². The standard InChI is InChI=1S/C48H28N2OS/c1-3-11-31(12-4-1)49-42-26-30(19-21-33(42)39-28-45-40(27-43(39)49)34-15-7-9-17-44(34)51-45)29-20-24-41-38(25-29)36-22-23-37-35-16-8-10-18-46(35)52-48(37)47(36)50(41)32-13-5-2-6-14-32/h1-28H. The molecule has 0 N–H and O–H groups in total. The minimum Gasteiger partial charge on any atom is -0.456 e. The number of thiophene rings is 1. The summed E-state index contributed by atoms with van der Waals surface area (Å²) in [6.07, 6.45) is 0. The number of aromatic nitrogens is 2. The average Bonchev–Trinajstić information content (AvgIpc) is 3.94. The molecule has 12 rings (SSSR count). The molecule has 12 aromatic rings. The van der Waals surface area contributed by atoms with Crippen LogP contribution in [0, 0.1) is 0 Å². The molecule has 0 aliphatic rings. The van der Waals surface area contributed by atoms with Crippen LogP contribution in [0.5, 0.6) is 0 Å². The van der Waals surface area contributed by atoms with E-state index in [0.717, 1.165) is 27.6 Å². The second-order valence-corrected chi connectivity index (χ2v) is 14.8. The second kappa shape index (κ2) is 10.5. The lowest BCUT2D eigenvalue weighted by Gasteiger charge is -2.10. The zero-order chi connectivity index (χ0) is 33.9. The van der Waals surface area contributed by atoms with Crippen LogP contribution in [0.25, 0.3) is 108 Å². The molecule has 52 heavy (non-hydrogen) atoms. The van der Waals surface area contributed by atoms with E-state index in [4.69, 9.17) is 4.42 Å². The van der Waals surface area contributed by atoms with Crippen LogP contribution in [0.4, 0.5) is 0 Å². The predicted molar refractivity (Wildman–Crippen MR) is 221 cm³/mol. The first-order valence-corrected chi connectivity index (χ1v) is 18.5. The Balaban J connectivity index is 1.13. The maximum absolute atomic E-state index is 6.36. The number of hydrogen-bond donors (Lipinski definition) is 0. The molecule has 4 heteroatoms. The minimum atomic E-state index is 0.915. The monoisotopic (exact) mass is 680 g/mol. The van der Waals surface area contributed by atoms with Crippen molar-refractivity contribution in [3.63, 3.8) is 0 Å². The molecule has 0 saturated carbocycles. The molecule has 0 spiro atoms. The fourth-order valence-electron chi connectivity index (χ4n) is 8.58. The summed E-state index contributed by atoms with van der Waals surface area (Å²) in [4.78, 5) is 0. The summed E-state index contributed by atoms with van der Waals surface area (Å²) in [7, 11) is 0. The minimum absolute atomic E-state index is 0.915. The van der Waals surface area contributed by atoms with Crippen molar-refractivity contribution in [3.8, 4) is 22.5 Å². The van der Waals surface area contributed by atoms with Gasteiger partial charge in [-0.15, -0.1) is 11.3 Å². The van der Waals surface area contributed by atoms with E-state index in [9.17, 15) is 0 Å². The number of fused-ring (bicyclic) bond motifs is 13. The number of rotatable bonds is 3. The highest BCUT2D eigenvalue weighted by Gasteiger charge is 2.20. The first-order valence-electron chi connectivity index (χ1n) is 17.7. The summed E-state index contributed by atoms with van der Waals surface area (Å²) in [6.45, 7) is 0. The van der Waals surface area contributed by atoms with Gasteiger partial charge in [-0.1, -0.05) is 103 Å². The topological polar surface area (TPSA) is 23.0 Å². The molecule has 0 radical (unpaired) electrons. The summed E-state index contributed by atoms with van der Waals surface area (Å²) in [5.74, 6) is 0. The van der Waals surface area contributed by atoms with E-state index in [1.54, 1.807) is 0 Å². The van der Waals surface area contributed by atoms with Crippen LogP contribution >= 0.6 is 11.3 Å². The normalized spacial score (nSPS) is 12.2. The lowest BCUT2D eigenvalue weighted by molar-refractivity contribution is 0.669. The third-order valence-electron chi connectivity index (χ3n) is 10.9. The molecule has 0 fully saturated rings. The molecule has 4 aromatic heterocycles. The van der Waals surface area contributed by atoms with Crippen molar-refractivity contribution in [1.29, 1.82) is 0 Å². The Morgan fingerprint density at radius 2 is 1.00 bits per heavy atom. The molecule has 242 valence electrons. The molecule has 0 atom stereocenters. The largest absolute Gasteiger partial charge is 0.456 e. The first kappa shape index (κ1) is 28.1. The van der Waals surface area contributed by atoms with Gasteiger partial charge in [0.15, 0.2) is 0 Å². The summed E-state index contributed by atoms with van der Waals surface area (Å²) in [5.41, 5.74) is 11.4. The van der Waals surface area contributed by atoms with Gasteiger partial charge in [-0.05, 0) is 77.9 Å². The van der Waals surface area contributed by atoms with Gasteiger partial charge in [0.1, 0.15) is 11.2 Å². The number of benzene rings is 8. The Hall–Kier alpha value is -6.62. The Bertz CT molecular complexity index is 3400. The highest BCUT2D eigenvalue weighted by molar-refractivity contribution is 7.26. The van der Waals surface area contributed by atoms with Crippen LogP contribution in [0.2, 0.25) is 0 Å². The molecular formula is C48H28N2OS. The Morgan fingerprint density at radius 3 is 1.85 bits per heavy atom. The zero-order valence-electron chi connectivity index (χ0n) is 27.9. The first-order chi connectivity index (χ1) is 25.8. The number of para-hydroxylation sites is 3. The van der Waals surface area contributed by atoms with Crippen molar-refractivity contribution < 1.29 is 4.42 Å². The van der Waals surface area contributed by atoms with Gasteiger partial charge in [0, 0.05) is 59.2 Å². The van der Waals surface area contributed by atoms with E-state index in [1.807, 2.05) is 17.4 Å². The van der Waals surface area contributed by atoms with E-state index < -0.39 is 0 Å². The third kappa shape index (κ3) is 3.84. The molecule has 8 aromatic carbocycles. The Morgan fingerprint density at radius 1 is 0.365 bits per heavy atom. The third-order valence-corrected chi connectivity index (χ3v) is 12.1. The molecule has 0 bridgehead atoms. The lowest BCUT2D eigenvalue weighted by Crippen LogP contribution is -1.94. The van der Waals surface area contributed by atoms with E-state index in [0.29, 0.717) is 0 Å². The van der Waals surface area contributed by atoms with Crippen molar-refractivity contribution in [2.24, 2.45) is 0 Å². The van der Waals surface area contributed by atoms with Gasteiger partial charge in [-0.3, -0.25) is 0 Å². The smallest absolute Gasteiger partial charge is 0.136 e. The van der Waals surface area contributed by atoms with Crippen molar-refractivity contribution in [2.75, 3.05) is 0 Å². The zero-order valence-corrected chi connectivity index (χ0v) is 28.7. The van der Waals surface area contributed by atoms with Crippen LogP contribution in [-0.4, -0.2) is 9.13 Å². The van der Waals surface area contributed by atoms with E-state index in [2.05, 4.69) is 173 Å². The summed E-state index contributed by atoms with van der Waals surface area (Å²) < 4.78 is 13.9. The van der Waals surface area contributed by atoms with Crippen LogP contribution in [-0.2, 0) is 0 Å². The van der Waals surface area contributed by atoms with Gasteiger partial charge >= 0.3 is 0 Å². The molecule has 0 aliphatic heterocycles. The molecule has 4 heterocycles. The van der Waals surface area contributed by atoms with Gasteiger partial charge in [0.2, 0.25) is 0 Å². The SMILES string of the molecule is c1ccc(-n2c3cc(-c4ccc5c(c4)c4ccc6c7ccccc7sc6c4n5-c4ccccc4)ccc3c3cc4oc5ccccc5c4cc32)cc1. The molecule has 0 saturated heterocycles. The number of nitrogens with zero attached hydrogens (tertiary/aromatic N) is 2. The van der Waals surface area contributed by atoms with Gasteiger partial charge in [-0.2, -0.15) is 0 Å². The maximum atomic E-state index is 6.36. The van der Waals surface area contributed by atoms with Gasteiger partial charge in [0.25, 0.3) is 0 Å². The van der Waals surface area contributed by atoms with Crippen LogP contribution in [0.1, 0.15) is 0 Å². The van der Waals surface area contributed by atoms with Crippen molar-refractivity contribution in [3.05, 3.63) is 170 Å². The van der Waals surface area contributed by atoms with E-state index >= 15 is 0 Å². The fourth-order valence-corrected chi connectivity index (χ4v) is 9.82. The fraction of sp³-hybridized carbons (Fsp3) is 0. The van der Waals surface area contributed by atoms with Crippen LogP contribution in [0.15, 0.2) is 174 Å². The Labute approximate surface area is 301 Å². The number of furan rings is 1. The van der Waals surface area contributed by atoms with Crippen molar-refractivity contribution in [2.45, 2.75) is 0 Å². The van der Waals surface area contributed by atoms with E-state index in [1.165, 1.54) is 80.6 Å². The molecule has 3 nitrogen and oxygen atoms in total. The summed E-state index contributed by atoms with van der Waals surface area (Å²) >= 11 is 1.89. The maximum Gasteiger partial charge on any atom is 0.136 e. The molecule has 0 aliphatic carbocycles. The molecule has 0 unspecified atom stereocenters. The van der Waals surface area contributed by atoms with Crippen molar-refractivity contribution in [1.82, 2.24) is 9.13 Å².